The van der Waals surface area contributed by atoms with Crippen LogP contribution in [-0.4, -0.2) is 0 Å². The van der Waals surface area contributed by atoms with E-state index in [-0.39, 0.29) is 6.04 Å². The van der Waals surface area contributed by atoms with Gasteiger partial charge in [0.25, 0.3) is 0 Å². The van der Waals surface area contributed by atoms with Crippen molar-refractivity contribution >= 4 is 15.9 Å². The quantitative estimate of drug-likeness (QED) is 0.849. The van der Waals surface area contributed by atoms with Gasteiger partial charge in [-0.1, -0.05) is 12.1 Å². The summed E-state index contributed by atoms with van der Waals surface area (Å²) in [5.74, 6) is 0.767. The van der Waals surface area contributed by atoms with Gasteiger partial charge in [0.1, 0.15) is 5.76 Å². The zero-order chi connectivity index (χ0) is 14.8. The zero-order valence-corrected chi connectivity index (χ0v) is 12.3. The minimum atomic E-state index is -4.29. The fraction of sp³-hybridized carbons (Fsp3) is 0.286. The molecule has 20 heavy (non-hydrogen) atoms. The van der Waals surface area contributed by atoms with E-state index in [1.165, 1.54) is 12.1 Å². The summed E-state index contributed by atoms with van der Waals surface area (Å²) in [5.41, 5.74) is 0.153. The average molecular weight is 348 g/mol. The van der Waals surface area contributed by atoms with Crippen LogP contribution in [0.2, 0.25) is 0 Å². The molecule has 2 aromatic rings. The smallest absolute Gasteiger partial charge is 0.416 e. The maximum Gasteiger partial charge on any atom is 0.416 e. The van der Waals surface area contributed by atoms with Crippen molar-refractivity contribution in [2.75, 3.05) is 0 Å². The van der Waals surface area contributed by atoms with Gasteiger partial charge in [0.2, 0.25) is 0 Å². The third-order valence-corrected chi connectivity index (χ3v) is 3.34. The van der Waals surface area contributed by atoms with E-state index < -0.39 is 11.7 Å². The summed E-state index contributed by atoms with van der Waals surface area (Å²) >= 11 is 3.22. The number of hydrogen-bond acceptors (Lipinski definition) is 2. The van der Waals surface area contributed by atoms with Crippen molar-refractivity contribution in [3.05, 3.63) is 58.0 Å². The Morgan fingerprint density at radius 1 is 1.15 bits per heavy atom. The molecule has 108 valence electrons. The molecule has 0 saturated heterocycles. The van der Waals surface area contributed by atoms with Crippen LogP contribution in [0, 0.1) is 0 Å². The Balaban J connectivity index is 1.94. The van der Waals surface area contributed by atoms with Gasteiger partial charge in [-0.15, -0.1) is 0 Å². The van der Waals surface area contributed by atoms with Crippen LogP contribution in [0.15, 0.2) is 45.5 Å². The number of rotatable bonds is 4. The second kappa shape index (κ2) is 6.01. The van der Waals surface area contributed by atoms with Gasteiger partial charge in [-0.2, -0.15) is 13.2 Å². The Hall–Kier alpha value is -1.27. The summed E-state index contributed by atoms with van der Waals surface area (Å²) in [5, 5.41) is 3.19. The summed E-state index contributed by atoms with van der Waals surface area (Å²) < 4.78 is 43.3. The molecule has 0 aliphatic heterocycles. The Morgan fingerprint density at radius 2 is 1.80 bits per heavy atom. The lowest BCUT2D eigenvalue weighted by Gasteiger charge is -2.12. The minimum Gasteiger partial charge on any atom is -0.453 e. The molecule has 1 atom stereocenters. The monoisotopic (exact) mass is 347 g/mol. The predicted octanol–water partition coefficient (Wildman–Crippen LogP) is 4.91. The lowest BCUT2D eigenvalue weighted by molar-refractivity contribution is -0.137. The van der Waals surface area contributed by atoms with E-state index >= 15 is 0 Å². The first-order chi connectivity index (χ1) is 9.36. The largest absolute Gasteiger partial charge is 0.453 e. The van der Waals surface area contributed by atoms with E-state index in [0.29, 0.717) is 11.2 Å². The van der Waals surface area contributed by atoms with Gasteiger partial charge in [-0.05, 0) is 52.7 Å². The van der Waals surface area contributed by atoms with E-state index in [1.54, 1.807) is 6.07 Å². The summed E-state index contributed by atoms with van der Waals surface area (Å²) in [4.78, 5) is 0. The molecule has 0 amide bonds. The highest BCUT2D eigenvalue weighted by Gasteiger charge is 2.29. The van der Waals surface area contributed by atoms with Crippen LogP contribution >= 0.6 is 15.9 Å². The van der Waals surface area contributed by atoms with E-state index in [0.717, 1.165) is 23.5 Å². The van der Waals surface area contributed by atoms with E-state index in [2.05, 4.69) is 21.2 Å². The van der Waals surface area contributed by atoms with Gasteiger partial charge in [-0.25, -0.2) is 0 Å². The standard InChI is InChI=1S/C14H13BrF3NO/c1-9(12-6-7-13(15)20-12)19-8-10-2-4-11(5-3-10)14(16,17)18/h2-7,9,19H,8H2,1H3. The van der Waals surface area contributed by atoms with Crippen molar-refractivity contribution < 1.29 is 17.6 Å². The number of benzene rings is 1. The SMILES string of the molecule is CC(NCc1ccc(C(F)(F)F)cc1)c1ccc(Br)o1. The van der Waals surface area contributed by atoms with Crippen LogP contribution in [0.4, 0.5) is 13.2 Å². The molecule has 1 heterocycles. The second-order valence-electron chi connectivity index (χ2n) is 4.44. The van der Waals surface area contributed by atoms with Gasteiger partial charge in [0.05, 0.1) is 11.6 Å². The highest BCUT2D eigenvalue weighted by atomic mass is 79.9. The highest BCUT2D eigenvalue weighted by Crippen LogP contribution is 2.29. The van der Waals surface area contributed by atoms with Gasteiger partial charge in [-0.3, -0.25) is 0 Å². The molecule has 1 unspecified atom stereocenters. The molecule has 2 rings (SSSR count). The Labute approximate surface area is 123 Å². The van der Waals surface area contributed by atoms with Crippen molar-refractivity contribution in [1.29, 1.82) is 0 Å². The molecule has 0 fully saturated rings. The number of hydrogen-bond donors (Lipinski definition) is 1. The van der Waals surface area contributed by atoms with Crippen molar-refractivity contribution in [2.45, 2.75) is 25.7 Å². The first-order valence-electron chi connectivity index (χ1n) is 6.01. The minimum absolute atomic E-state index is 0.0245. The Kier molecular flexibility index (Phi) is 4.55. The zero-order valence-electron chi connectivity index (χ0n) is 10.7. The van der Waals surface area contributed by atoms with Gasteiger partial charge in [0, 0.05) is 6.54 Å². The molecule has 0 aliphatic carbocycles. The molecular weight excluding hydrogens is 335 g/mol. The molecule has 1 aromatic heterocycles. The van der Waals surface area contributed by atoms with Crippen molar-refractivity contribution in [2.24, 2.45) is 0 Å². The molecule has 1 aromatic carbocycles. The first kappa shape index (κ1) is 15.1. The number of furan rings is 1. The van der Waals surface area contributed by atoms with Crippen LogP contribution in [-0.2, 0) is 12.7 Å². The van der Waals surface area contributed by atoms with Crippen LogP contribution in [0.25, 0.3) is 0 Å². The van der Waals surface area contributed by atoms with E-state index in [9.17, 15) is 13.2 Å². The van der Waals surface area contributed by atoms with Crippen molar-refractivity contribution in [3.8, 4) is 0 Å². The average Bonchev–Trinajstić information content (AvgIpc) is 2.82. The number of alkyl halides is 3. The fourth-order valence-electron chi connectivity index (χ4n) is 1.74. The van der Waals surface area contributed by atoms with Crippen LogP contribution < -0.4 is 5.32 Å². The van der Waals surface area contributed by atoms with Gasteiger partial charge < -0.3 is 9.73 Å². The summed E-state index contributed by atoms with van der Waals surface area (Å²) in [6.45, 7) is 2.40. The normalized spacial score (nSPS) is 13.4. The maximum atomic E-state index is 12.4. The fourth-order valence-corrected chi connectivity index (χ4v) is 2.06. The number of halogens is 4. The van der Waals surface area contributed by atoms with Crippen LogP contribution in [0.3, 0.4) is 0 Å². The molecule has 2 nitrogen and oxygen atoms in total. The molecular formula is C14H13BrF3NO. The Bertz CT molecular complexity index is 563. The summed E-state index contributed by atoms with van der Waals surface area (Å²) in [6, 6.07) is 8.74. The lowest BCUT2D eigenvalue weighted by Crippen LogP contribution is -2.17. The predicted molar refractivity (Wildman–Crippen MR) is 73.1 cm³/mol. The third-order valence-electron chi connectivity index (χ3n) is 2.91. The maximum absolute atomic E-state index is 12.4. The molecule has 0 saturated carbocycles. The Morgan fingerprint density at radius 3 is 2.30 bits per heavy atom. The van der Waals surface area contributed by atoms with E-state index in [1.807, 2.05) is 13.0 Å². The van der Waals surface area contributed by atoms with E-state index in [4.69, 9.17) is 4.42 Å². The van der Waals surface area contributed by atoms with Crippen molar-refractivity contribution in [1.82, 2.24) is 5.32 Å². The molecule has 1 N–H and O–H groups in total. The van der Waals surface area contributed by atoms with Crippen molar-refractivity contribution in [3.63, 3.8) is 0 Å². The van der Waals surface area contributed by atoms with Crippen LogP contribution in [0.5, 0.6) is 0 Å². The second-order valence-corrected chi connectivity index (χ2v) is 5.22. The number of nitrogens with one attached hydrogen (secondary N) is 1. The van der Waals surface area contributed by atoms with Gasteiger partial charge >= 0.3 is 6.18 Å². The molecule has 0 aliphatic rings. The summed E-state index contributed by atoms with van der Waals surface area (Å²) in [7, 11) is 0. The summed E-state index contributed by atoms with van der Waals surface area (Å²) in [6.07, 6.45) is -4.29. The third kappa shape index (κ3) is 3.86. The van der Waals surface area contributed by atoms with Gasteiger partial charge in [0.15, 0.2) is 4.67 Å². The molecule has 0 spiro atoms. The van der Waals surface area contributed by atoms with Crippen LogP contribution in [0.1, 0.15) is 29.9 Å². The topological polar surface area (TPSA) is 25.2 Å². The highest BCUT2D eigenvalue weighted by molar-refractivity contribution is 9.10. The molecule has 6 heteroatoms. The molecule has 0 radical (unpaired) electrons. The first-order valence-corrected chi connectivity index (χ1v) is 6.80. The lowest BCUT2D eigenvalue weighted by atomic mass is 10.1. The molecule has 0 bridgehead atoms.